The number of para-hydroxylation sites is 2. The predicted molar refractivity (Wildman–Crippen MR) is 101 cm³/mol. The molecule has 0 spiro atoms. The fourth-order valence-corrected chi connectivity index (χ4v) is 3.60. The maximum absolute atomic E-state index is 9.30. The van der Waals surface area contributed by atoms with Gasteiger partial charge in [0.25, 0.3) is 0 Å². The molecule has 3 rings (SSSR count). The lowest BCUT2D eigenvalue weighted by Crippen LogP contribution is -2.23. The van der Waals surface area contributed by atoms with Crippen LogP contribution < -0.4 is 15.0 Å². The Kier molecular flexibility index (Phi) is 5.27. The molecule has 1 saturated heterocycles. The monoisotopic (exact) mass is 385 g/mol. The van der Waals surface area contributed by atoms with Crippen LogP contribution in [-0.2, 0) is 0 Å². The summed E-state index contributed by atoms with van der Waals surface area (Å²) in [5, 5.41) is 12.7. The molecule has 1 aliphatic heterocycles. The predicted octanol–water partition coefficient (Wildman–Crippen LogP) is 4.27. The summed E-state index contributed by atoms with van der Waals surface area (Å²) in [4.78, 5) is 2.37. The standard InChI is InChI=1S/C19H20BrN3O/c1-24-19-8-3-2-7-18(19)23-10-9-14(13-23)12-22-17-6-4-5-16(20)15(17)11-21/h2-8,14,22H,9-10,12-13H2,1H3. The number of benzene rings is 2. The Morgan fingerprint density at radius 2 is 2.12 bits per heavy atom. The topological polar surface area (TPSA) is 48.3 Å². The minimum Gasteiger partial charge on any atom is -0.495 e. The third-order valence-corrected chi connectivity index (χ3v) is 5.08. The zero-order valence-corrected chi connectivity index (χ0v) is 15.2. The van der Waals surface area contributed by atoms with Gasteiger partial charge in [-0.05, 0) is 52.5 Å². The van der Waals surface area contributed by atoms with Gasteiger partial charge in [-0.15, -0.1) is 0 Å². The summed E-state index contributed by atoms with van der Waals surface area (Å²) >= 11 is 3.43. The van der Waals surface area contributed by atoms with Crippen molar-refractivity contribution in [2.75, 3.05) is 37.0 Å². The largest absolute Gasteiger partial charge is 0.495 e. The molecule has 0 aliphatic carbocycles. The van der Waals surface area contributed by atoms with Crippen molar-refractivity contribution in [1.82, 2.24) is 0 Å². The highest BCUT2D eigenvalue weighted by atomic mass is 79.9. The maximum atomic E-state index is 9.30. The van der Waals surface area contributed by atoms with Crippen molar-refractivity contribution in [3.8, 4) is 11.8 Å². The van der Waals surface area contributed by atoms with Crippen molar-refractivity contribution < 1.29 is 4.74 Å². The minimum atomic E-state index is 0.542. The molecule has 1 aliphatic rings. The van der Waals surface area contributed by atoms with Gasteiger partial charge in [0.1, 0.15) is 11.8 Å². The first-order valence-electron chi connectivity index (χ1n) is 8.03. The van der Waals surface area contributed by atoms with Crippen LogP contribution in [0, 0.1) is 17.2 Å². The van der Waals surface area contributed by atoms with E-state index in [0.717, 1.165) is 47.7 Å². The van der Waals surface area contributed by atoms with Crippen molar-refractivity contribution in [2.45, 2.75) is 6.42 Å². The van der Waals surface area contributed by atoms with Gasteiger partial charge in [-0.3, -0.25) is 0 Å². The number of nitriles is 1. The molecule has 2 aromatic carbocycles. The van der Waals surface area contributed by atoms with Crippen molar-refractivity contribution >= 4 is 27.3 Å². The second kappa shape index (κ2) is 7.59. The number of hydrogen-bond donors (Lipinski definition) is 1. The van der Waals surface area contributed by atoms with Crippen molar-refractivity contribution in [1.29, 1.82) is 5.26 Å². The average molecular weight is 386 g/mol. The quantitative estimate of drug-likeness (QED) is 0.834. The Bertz CT molecular complexity index is 757. The molecule has 24 heavy (non-hydrogen) atoms. The van der Waals surface area contributed by atoms with Crippen molar-refractivity contribution in [3.05, 3.63) is 52.5 Å². The number of nitrogens with one attached hydrogen (secondary N) is 1. The molecular formula is C19H20BrN3O. The second-order valence-electron chi connectivity index (χ2n) is 5.93. The molecule has 1 unspecified atom stereocenters. The molecule has 1 heterocycles. The molecular weight excluding hydrogens is 366 g/mol. The zero-order valence-electron chi connectivity index (χ0n) is 13.6. The van der Waals surface area contributed by atoms with Crippen LogP contribution in [0.1, 0.15) is 12.0 Å². The van der Waals surface area contributed by atoms with Gasteiger partial charge in [0.2, 0.25) is 0 Å². The van der Waals surface area contributed by atoms with Crippen LogP contribution in [-0.4, -0.2) is 26.7 Å². The highest BCUT2D eigenvalue weighted by molar-refractivity contribution is 9.10. The number of halogens is 1. The van der Waals surface area contributed by atoms with E-state index in [0.29, 0.717) is 11.5 Å². The smallest absolute Gasteiger partial charge is 0.142 e. The van der Waals surface area contributed by atoms with Crippen LogP contribution in [0.15, 0.2) is 46.9 Å². The van der Waals surface area contributed by atoms with Crippen molar-refractivity contribution in [2.24, 2.45) is 5.92 Å². The van der Waals surface area contributed by atoms with Gasteiger partial charge in [-0.1, -0.05) is 18.2 Å². The van der Waals surface area contributed by atoms with E-state index in [9.17, 15) is 5.26 Å². The third kappa shape index (κ3) is 3.49. The maximum Gasteiger partial charge on any atom is 0.142 e. The number of hydrogen-bond acceptors (Lipinski definition) is 4. The minimum absolute atomic E-state index is 0.542. The van der Waals surface area contributed by atoms with Gasteiger partial charge in [-0.25, -0.2) is 0 Å². The highest BCUT2D eigenvalue weighted by Crippen LogP contribution is 2.32. The van der Waals surface area contributed by atoms with Crippen LogP contribution in [0.5, 0.6) is 5.75 Å². The second-order valence-corrected chi connectivity index (χ2v) is 6.78. The first kappa shape index (κ1) is 16.7. The molecule has 0 aromatic heterocycles. The lowest BCUT2D eigenvalue weighted by molar-refractivity contribution is 0.414. The van der Waals surface area contributed by atoms with Crippen LogP contribution in [0.3, 0.4) is 0 Å². The highest BCUT2D eigenvalue weighted by Gasteiger charge is 2.24. The van der Waals surface area contributed by atoms with Gasteiger partial charge in [0, 0.05) is 24.1 Å². The fraction of sp³-hybridized carbons (Fsp3) is 0.316. The Hall–Kier alpha value is -2.19. The zero-order chi connectivity index (χ0) is 16.9. The number of rotatable bonds is 5. The van der Waals surface area contributed by atoms with Gasteiger partial charge < -0.3 is 15.0 Å². The molecule has 124 valence electrons. The molecule has 0 bridgehead atoms. The summed E-state index contributed by atoms with van der Waals surface area (Å²) < 4.78 is 6.30. The average Bonchev–Trinajstić information content (AvgIpc) is 3.08. The van der Waals surface area contributed by atoms with E-state index in [2.05, 4.69) is 38.3 Å². The summed E-state index contributed by atoms with van der Waals surface area (Å²) in [5.41, 5.74) is 2.71. The van der Waals surface area contributed by atoms with Crippen LogP contribution in [0.25, 0.3) is 0 Å². The van der Waals surface area contributed by atoms with Gasteiger partial charge in [0.05, 0.1) is 24.0 Å². The molecule has 5 heteroatoms. The van der Waals surface area contributed by atoms with E-state index in [-0.39, 0.29) is 0 Å². The van der Waals surface area contributed by atoms with Crippen molar-refractivity contribution in [3.63, 3.8) is 0 Å². The fourth-order valence-electron chi connectivity index (χ4n) is 3.15. The molecule has 2 aromatic rings. The Balaban J connectivity index is 1.63. The molecule has 4 nitrogen and oxygen atoms in total. The summed E-state index contributed by atoms with van der Waals surface area (Å²) in [6.07, 6.45) is 1.13. The van der Waals surface area contributed by atoms with E-state index in [1.54, 1.807) is 7.11 Å². The van der Waals surface area contributed by atoms with Gasteiger partial charge in [-0.2, -0.15) is 5.26 Å². The van der Waals surface area contributed by atoms with Crippen LogP contribution >= 0.6 is 15.9 Å². The Morgan fingerprint density at radius 1 is 1.29 bits per heavy atom. The first-order valence-corrected chi connectivity index (χ1v) is 8.82. The molecule has 0 amide bonds. The van der Waals surface area contributed by atoms with E-state index in [4.69, 9.17) is 4.74 Å². The molecule has 1 fully saturated rings. The molecule has 1 N–H and O–H groups in total. The van der Waals surface area contributed by atoms with Gasteiger partial charge >= 0.3 is 0 Å². The number of nitrogens with zero attached hydrogens (tertiary/aromatic N) is 2. The lowest BCUT2D eigenvalue weighted by Gasteiger charge is -2.21. The van der Waals surface area contributed by atoms with Crippen LogP contribution in [0.2, 0.25) is 0 Å². The number of methoxy groups -OCH3 is 1. The Labute approximate surface area is 151 Å². The van der Waals surface area contributed by atoms with E-state index in [1.165, 1.54) is 0 Å². The third-order valence-electron chi connectivity index (χ3n) is 4.42. The summed E-state index contributed by atoms with van der Waals surface area (Å²) in [7, 11) is 1.71. The number of ether oxygens (including phenoxy) is 1. The SMILES string of the molecule is COc1ccccc1N1CCC(CNc2cccc(Br)c2C#N)C1. The molecule has 0 saturated carbocycles. The lowest BCUT2D eigenvalue weighted by atomic mass is 10.1. The molecule has 1 atom stereocenters. The first-order chi connectivity index (χ1) is 11.7. The van der Waals surface area contributed by atoms with Crippen LogP contribution in [0.4, 0.5) is 11.4 Å². The summed E-state index contributed by atoms with van der Waals surface area (Å²) in [6, 6.07) is 16.2. The Morgan fingerprint density at radius 3 is 2.92 bits per heavy atom. The van der Waals surface area contributed by atoms with Gasteiger partial charge in [0.15, 0.2) is 0 Å². The molecule has 0 radical (unpaired) electrons. The summed E-state index contributed by atoms with van der Waals surface area (Å²) in [6.45, 7) is 2.87. The van der Waals surface area contributed by atoms with E-state index in [1.807, 2.05) is 36.4 Å². The van der Waals surface area contributed by atoms with E-state index < -0.39 is 0 Å². The number of anilines is 2. The normalized spacial score (nSPS) is 16.7. The summed E-state index contributed by atoms with van der Waals surface area (Å²) in [5.74, 6) is 1.46. The van der Waals surface area contributed by atoms with E-state index >= 15 is 0 Å².